The molecule has 1 fully saturated rings. The van der Waals surface area contributed by atoms with Crippen LogP contribution in [0.15, 0.2) is 0 Å². The Hall–Kier alpha value is -0.150. The Morgan fingerprint density at radius 3 is 2.70 bits per heavy atom. The molecule has 1 rings (SSSR count). The maximum Gasteiger partial charge on any atom is 0.109 e. The molecule has 3 heteroatoms. The third kappa shape index (κ3) is 1.47. The van der Waals surface area contributed by atoms with Crippen molar-refractivity contribution in [1.29, 1.82) is 0 Å². The molecular formula is C7H15FN2. The van der Waals surface area contributed by atoms with Crippen molar-refractivity contribution in [3.63, 3.8) is 0 Å². The van der Waals surface area contributed by atoms with Gasteiger partial charge in [0, 0.05) is 13.1 Å². The van der Waals surface area contributed by atoms with Gasteiger partial charge in [0.05, 0.1) is 5.54 Å². The SMILES string of the molecule is CCN1CCC(N)(CF)C1. The summed E-state index contributed by atoms with van der Waals surface area (Å²) in [7, 11) is 0. The summed E-state index contributed by atoms with van der Waals surface area (Å²) in [6.45, 7) is 4.35. The van der Waals surface area contributed by atoms with Gasteiger partial charge in [0.2, 0.25) is 0 Å². The summed E-state index contributed by atoms with van der Waals surface area (Å²) in [5, 5.41) is 0. The van der Waals surface area contributed by atoms with E-state index >= 15 is 0 Å². The van der Waals surface area contributed by atoms with E-state index in [1.54, 1.807) is 0 Å². The summed E-state index contributed by atoms with van der Waals surface area (Å²) in [6, 6.07) is 0. The van der Waals surface area contributed by atoms with E-state index in [1.807, 2.05) is 0 Å². The van der Waals surface area contributed by atoms with Gasteiger partial charge in [-0.3, -0.25) is 0 Å². The average Bonchev–Trinajstić information content (AvgIpc) is 2.33. The summed E-state index contributed by atoms with van der Waals surface area (Å²) in [5.74, 6) is 0. The summed E-state index contributed by atoms with van der Waals surface area (Å²) < 4.78 is 12.2. The van der Waals surface area contributed by atoms with Gasteiger partial charge in [0.15, 0.2) is 0 Å². The van der Waals surface area contributed by atoms with E-state index in [1.165, 1.54) is 0 Å². The highest BCUT2D eigenvalue weighted by atomic mass is 19.1. The molecule has 0 aromatic rings. The molecule has 0 bridgehead atoms. The highest BCUT2D eigenvalue weighted by molar-refractivity contribution is 4.93. The largest absolute Gasteiger partial charge is 0.322 e. The first-order chi connectivity index (χ1) is 4.70. The Morgan fingerprint density at radius 2 is 2.40 bits per heavy atom. The van der Waals surface area contributed by atoms with E-state index in [0.29, 0.717) is 0 Å². The van der Waals surface area contributed by atoms with E-state index in [2.05, 4.69) is 11.8 Å². The lowest BCUT2D eigenvalue weighted by Crippen LogP contribution is -2.44. The Kier molecular flexibility index (Phi) is 2.26. The fourth-order valence-electron chi connectivity index (χ4n) is 1.36. The van der Waals surface area contributed by atoms with Crippen LogP contribution in [0.3, 0.4) is 0 Å². The third-order valence-electron chi connectivity index (χ3n) is 2.18. The lowest BCUT2D eigenvalue weighted by atomic mass is 10.0. The average molecular weight is 146 g/mol. The van der Waals surface area contributed by atoms with E-state index in [4.69, 9.17) is 5.73 Å². The molecule has 60 valence electrons. The lowest BCUT2D eigenvalue weighted by Gasteiger charge is -2.19. The monoisotopic (exact) mass is 146 g/mol. The first-order valence-corrected chi connectivity index (χ1v) is 3.77. The predicted octanol–water partition coefficient (Wildman–Crippen LogP) is 0.379. The summed E-state index contributed by atoms with van der Waals surface area (Å²) in [4.78, 5) is 2.18. The smallest absolute Gasteiger partial charge is 0.109 e. The number of nitrogens with two attached hydrogens (primary N) is 1. The van der Waals surface area contributed by atoms with Crippen LogP contribution in [0.2, 0.25) is 0 Å². The van der Waals surface area contributed by atoms with Gasteiger partial charge in [-0.2, -0.15) is 0 Å². The molecule has 0 aromatic carbocycles. The number of likely N-dealkylation sites (tertiary alicyclic amines) is 1. The fourth-order valence-corrected chi connectivity index (χ4v) is 1.36. The quantitative estimate of drug-likeness (QED) is 0.610. The van der Waals surface area contributed by atoms with Crippen LogP contribution in [0.25, 0.3) is 0 Å². The van der Waals surface area contributed by atoms with Crippen LogP contribution in [0.4, 0.5) is 4.39 Å². The molecular weight excluding hydrogens is 131 g/mol. The molecule has 2 nitrogen and oxygen atoms in total. The molecule has 2 N–H and O–H groups in total. The minimum atomic E-state index is -0.532. The normalized spacial score (nSPS) is 35.1. The van der Waals surface area contributed by atoms with Gasteiger partial charge in [-0.1, -0.05) is 6.92 Å². The van der Waals surface area contributed by atoms with Crippen molar-refractivity contribution in [2.75, 3.05) is 26.3 Å². The van der Waals surface area contributed by atoms with Gasteiger partial charge in [0.25, 0.3) is 0 Å². The van der Waals surface area contributed by atoms with Crippen molar-refractivity contribution in [1.82, 2.24) is 4.90 Å². The standard InChI is InChI=1S/C7H15FN2/c1-2-10-4-3-7(9,5-8)6-10/h2-6,9H2,1H3. The molecule has 0 aromatic heterocycles. The number of halogens is 1. The Balaban J connectivity index is 2.41. The van der Waals surface area contributed by atoms with Crippen molar-refractivity contribution in [2.45, 2.75) is 18.9 Å². The van der Waals surface area contributed by atoms with E-state index in [0.717, 1.165) is 26.1 Å². The van der Waals surface area contributed by atoms with Crippen molar-refractivity contribution >= 4 is 0 Å². The van der Waals surface area contributed by atoms with Crippen LogP contribution >= 0.6 is 0 Å². The molecule has 1 aliphatic heterocycles. The summed E-state index contributed by atoms with van der Waals surface area (Å²) in [6.07, 6.45) is 0.803. The van der Waals surface area contributed by atoms with Crippen molar-refractivity contribution < 1.29 is 4.39 Å². The molecule has 10 heavy (non-hydrogen) atoms. The first kappa shape index (κ1) is 7.95. The van der Waals surface area contributed by atoms with Crippen LogP contribution in [-0.2, 0) is 0 Å². The minimum absolute atomic E-state index is 0.385. The van der Waals surface area contributed by atoms with E-state index in [9.17, 15) is 4.39 Å². The Morgan fingerprint density at radius 1 is 1.70 bits per heavy atom. The highest BCUT2D eigenvalue weighted by Crippen LogP contribution is 2.18. The Bertz CT molecular complexity index is 118. The maximum absolute atomic E-state index is 12.2. The molecule has 0 radical (unpaired) electrons. The minimum Gasteiger partial charge on any atom is -0.322 e. The van der Waals surface area contributed by atoms with Gasteiger partial charge >= 0.3 is 0 Å². The van der Waals surface area contributed by atoms with Gasteiger partial charge in [-0.15, -0.1) is 0 Å². The first-order valence-electron chi connectivity index (χ1n) is 3.77. The second-order valence-electron chi connectivity index (χ2n) is 3.11. The molecule has 0 aliphatic carbocycles. The molecule has 0 spiro atoms. The van der Waals surface area contributed by atoms with Crippen molar-refractivity contribution in [3.8, 4) is 0 Å². The fraction of sp³-hybridized carbons (Fsp3) is 1.00. The molecule has 1 aliphatic rings. The molecule has 1 saturated heterocycles. The van der Waals surface area contributed by atoms with Crippen LogP contribution in [0.5, 0.6) is 0 Å². The lowest BCUT2D eigenvalue weighted by molar-refractivity contribution is 0.281. The van der Waals surface area contributed by atoms with Gasteiger partial charge in [0.1, 0.15) is 6.67 Å². The number of hydrogen-bond acceptors (Lipinski definition) is 2. The van der Waals surface area contributed by atoms with Crippen molar-refractivity contribution in [2.24, 2.45) is 5.73 Å². The van der Waals surface area contributed by atoms with Gasteiger partial charge in [-0.25, -0.2) is 4.39 Å². The Labute approximate surface area is 61.2 Å². The summed E-state index contributed by atoms with van der Waals surface area (Å²) in [5.41, 5.74) is 5.18. The zero-order chi connectivity index (χ0) is 7.61. The second kappa shape index (κ2) is 2.84. The van der Waals surface area contributed by atoms with Crippen LogP contribution in [-0.4, -0.2) is 36.7 Å². The molecule has 0 amide bonds. The molecule has 1 heterocycles. The summed E-state index contributed by atoms with van der Waals surface area (Å²) >= 11 is 0. The number of likely N-dealkylation sites (N-methyl/N-ethyl adjacent to an activating group) is 1. The molecule has 1 unspecified atom stereocenters. The zero-order valence-electron chi connectivity index (χ0n) is 6.44. The predicted molar refractivity (Wildman–Crippen MR) is 39.6 cm³/mol. The highest BCUT2D eigenvalue weighted by Gasteiger charge is 2.33. The number of nitrogens with zero attached hydrogens (tertiary/aromatic N) is 1. The number of hydrogen-bond donors (Lipinski definition) is 1. The van der Waals surface area contributed by atoms with E-state index in [-0.39, 0.29) is 6.67 Å². The molecule has 1 atom stereocenters. The van der Waals surface area contributed by atoms with Gasteiger partial charge in [-0.05, 0) is 13.0 Å². The maximum atomic E-state index is 12.2. The third-order valence-corrected chi connectivity index (χ3v) is 2.18. The van der Waals surface area contributed by atoms with Gasteiger partial charge < -0.3 is 10.6 Å². The zero-order valence-corrected chi connectivity index (χ0v) is 6.44. The van der Waals surface area contributed by atoms with Crippen molar-refractivity contribution in [3.05, 3.63) is 0 Å². The number of rotatable bonds is 2. The van der Waals surface area contributed by atoms with Crippen LogP contribution in [0.1, 0.15) is 13.3 Å². The van der Waals surface area contributed by atoms with Crippen LogP contribution in [0, 0.1) is 0 Å². The topological polar surface area (TPSA) is 29.3 Å². The molecule has 0 saturated carbocycles. The van der Waals surface area contributed by atoms with Crippen LogP contribution < -0.4 is 5.73 Å². The second-order valence-corrected chi connectivity index (χ2v) is 3.11. The number of alkyl halides is 1. The van der Waals surface area contributed by atoms with E-state index < -0.39 is 5.54 Å².